The minimum absolute atomic E-state index is 0.130. The van der Waals surface area contributed by atoms with E-state index in [1.54, 1.807) is 36.4 Å². The number of allylic oxidation sites excluding steroid dienone is 1. The molecule has 5 nitrogen and oxygen atoms in total. The van der Waals surface area contributed by atoms with Crippen molar-refractivity contribution in [1.82, 2.24) is 0 Å². The average Bonchev–Trinajstić information content (AvgIpc) is 2.48. The Morgan fingerprint density at radius 3 is 2.41 bits per heavy atom. The molecule has 3 rings (SSSR count). The molecule has 0 saturated carbocycles. The van der Waals surface area contributed by atoms with E-state index >= 15 is 0 Å². The Kier molecular flexibility index (Phi) is 3.68. The van der Waals surface area contributed by atoms with Crippen molar-refractivity contribution in [3.05, 3.63) is 75.8 Å². The topological polar surface area (TPSA) is 71.2 Å². The number of hydrogen-bond donors (Lipinski definition) is 0. The van der Waals surface area contributed by atoms with Crippen LogP contribution in [-0.2, 0) is 9.84 Å². The molecular formula is C16H13N3O2S. The normalized spacial score (nSPS) is 20.9. The van der Waals surface area contributed by atoms with Gasteiger partial charge in [-0.05, 0) is 42.5 Å². The van der Waals surface area contributed by atoms with Gasteiger partial charge in [0.15, 0.2) is 5.03 Å². The Morgan fingerprint density at radius 1 is 0.909 bits per heavy atom. The van der Waals surface area contributed by atoms with E-state index < -0.39 is 9.84 Å². The van der Waals surface area contributed by atoms with Gasteiger partial charge in [-0.2, -0.15) is 0 Å². The van der Waals surface area contributed by atoms with Crippen LogP contribution in [-0.4, -0.2) is 8.42 Å². The van der Waals surface area contributed by atoms with Gasteiger partial charge in [0.1, 0.15) is 0 Å². The molecule has 0 radical (unpaired) electrons. The van der Waals surface area contributed by atoms with Crippen molar-refractivity contribution in [3.8, 4) is 0 Å². The Bertz CT molecular complexity index is 988. The summed E-state index contributed by atoms with van der Waals surface area (Å²) in [6.07, 6.45) is 3.13. The zero-order valence-electron chi connectivity index (χ0n) is 11.8. The van der Waals surface area contributed by atoms with E-state index in [1.807, 2.05) is 25.1 Å². The highest BCUT2D eigenvalue weighted by atomic mass is 32.2. The van der Waals surface area contributed by atoms with Gasteiger partial charge in [0.05, 0.1) is 10.3 Å². The molecule has 0 amide bonds. The minimum atomic E-state index is -3.71. The minimum Gasteiger partial charge on any atom is -0.217 e. The van der Waals surface area contributed by atoms with Gasteiger partial charge in [0.2, 0.25) is 9.84 Å². The molecule has 1 heterocycles. The first-order valence-electron chi connectivity index (χ1n) is 6.65. The zero-order chi connectivity index (χ0) is 15.6. The SMILES string of the molecule is Cc1ccc(S(=O)(=O)C2=C/C=c3/cccc/c3=N/N=N\2)cc1. The average molecular weight is 311 g/mol. The molecule has 2 aromatic rings. The number of fused-ring (bicyclic) bond motifs is 1. The maximum Gasteiger partial charge on any atom is 0.225 e. The Morgan fingerprint density at radius 2 is 1.64 bits per heavy atom. The molecule has 0 atom stereocenters. The summed E-state index contributed by atoms with van der Waals surface area (Å²) < 4.78 is 25.2. The lowest BCUT2D eigenvalue weighted by atomic mass is 10.2. The van der Waals surface area contributed by atoms with Gasteiger partial charge in [0, 0.05) is 5.22 Å². The predicted octanol–water partition coefficient (Wildman–Crippen LogP) is 2.09. The molecule has 0 aliphatic carbocycles. The van der Waals surface area contributed by atoms with Crippen LogP contribution in [0.3, 0.4) is 0 Å². The summed E-state index contributed by atoms with van der Waals surface area (Å²) in [5, 5.41) is 12.6. The Balaban J connectivity index is 2.12. The van der Waals surface area contributed by atoms with E-state index in [1.165, 1.54) is 6.08 Å². The van der Waals surface area contributed by atoms with E-state index in [0.717, 1.165) is 10.8 Å². The molecule has 1 aliphatic heterocycles. The van der Waals surface area contributed by atoms with Gasteiger partial charge >= 0.3 is 0 Å². The van der Waals surface area contributed by atoms with Crippen molar-refractivity contribution >= 4 is 15.9 Å². The molecule has 0 N–H and O–H groups in total. The standard InChI is InChI=1S/C16H13N3O2S/c1-12-6-9-14(10-7-12)22(20,21)16-11-8-13-4-2-3-5-15(13)17-19-18-16/h2-11H,1H3/b11-8?,13-8-,16-11+,17-15-,18-16?,19-17?,19-18-. The molecule has 0 unspecified atom stereocenters. The zero-order valence-corrected chi connectivity index (χ0v) is 12.7. The molecule has 22 heavy (non-hydrogen) atoms. The predicted molar refractivity (Wildman–Crippen MR) is 83.0 cm³/mol. The second-order valence-electron chi connectivity index (χ2n) is 4.84. The lowest BCUT2D eigenvalue weighted by Crippen LogP contribution is -2.23. The largest absolute Gasteiger partial charge is 0.225 e. The van der Waals surface area contributed by atoms with Crippen LogP contribution in [0.4, 0.5) is 0 Å². The lowest BCUT2D eigenvalue weighted by molar-refractivity contribution is 0.600. The number of sulfone groups is 1. The van der Waals surface area contributed by atoms with E-state index in [4.69, 9.17) is 0 Å². The molecular weight excluding hydrogens is 298 g/mol. The van der Waals surface area contributed by atoms with Gasteiger partial charge in [-0.15, -0.1) is 10.2 Å². The first kappa shape index (κ1) is 14.3. The lowest BCUT2D eigenvalue weighted by Gasteiger charge is -2.04. The fraction of sp³-hybridized carbons (Fsp3) is 0.0625. The monoisotopic (exact) mass is 311 g/mol. The van der Waals surface area contributed by atoms with Crippen LogP contribution < -0.4 is 10.6 Å². The quantitative estimate of drug-likeness (QED) is 0.852. The summed E-state index contributed by atoms with van der Waals surface area (Å²) in [5.74, 6) is 0. The molecule has 0 saturated heterocycles. The summed E-state index contributed by atoms with van der Waals surface area (Å²) in [6.45, 7) is 1.90. The van der Waals surface area contributed by atoms with Crippen molar-refractivity contribution in [3.63, 3.8) is 0 Å². The van der Waals surface area contributed by atoms with Crippen LogP contribution in [0.1, 0.15) is 5.56 Å². The van der Waals surface area contributed by atoms with Gasteiger partial charge in [-0.1, -0.05) is 35.9 Å². The highest BCUT2D eigenvalue weighted by molar-refractivity contribution is 7.95. The third-order valence-electron chi connectivity index (χ3n) is 3.24. The molecule has 110 valence electrons. The summed E-state index contributed by atoms with van der Waals surface area (Å²) in [4.78, 5) is 0.186. The Hall–Kier alpha value is -2.60. The third-order valence-corrected chi connectivity index (χ3v) is 4.91. The summed E-state index contributed by atoms with van der Waals surface area (Å²) in [5.41, 5.74) is 0.989. The number of nitrogens with zero attached hydrogens (tertiary/aromatic N) is 3. The van der Waals surface area contributed by atoms with Crippen molar-refractivity contribution in [2.45, 2.75) is 11.8 Å². The first-order chi connectivity index (χ1) is 10.6. The van der Waals surface area contributed by atoms with Crippen LogP contribution in [0.2, 0.25) is 0 Å². The number of benzene rings is 2. The maximum atomic E-state index is 12.6. The van der Waals surface area contributed by atoms with Crippen LogP contribution in [0, 0.1) is 6.92 Å². The number of rotatable bonds is 2. The number of aryl methyl sites for hydroxylation is 1. The fourth-order valence-corrected chi connectivity index (χ4v) is 3.14. The van der Waals surface area contributed by atoms with Gasteiger partial charge in [0.25, 0.3) is 0 Å². The smallest absolute Gasteiger partial charge is 0.217 e. The van der Waals surface area contributed by atoms with Gasteiger partial charge in [-0.25, -0.2) is 8.42 Å². The summed E-state index contributed by atoms with van der Waals surface area (Å²) >= 11 is 0. The first-order valence-corrected chi connectivity index (χ1v) is 8.13. The molecule has 0 spiro atoms. The van der Waals surface area contributed by atoms with Crippen LogP contribution in [0.5, 0.6) is 0 Å². The molecule has 0 aromatic heterocycles. The van der Waals surface area contributed by atoms with Crippen molar-refractivity contribution in [2.75, 3.05) is 0 Å². The highest BCUT2D eigenvalue weighted by Gasteiger charge is 2.20. The molecule has 2 aromatic carbocycles. The third kappa shape index (κ3) is 2.73. The van der Waals surface area contributed by atoms with E-state index in [2.05, 4.69) is 15.4 Å². The maximum absolute atomic E-state index is 12.6. The van der Waals surface area contributed by atoms with Crippen molar-refractivity contribution in [2.24, 2.45) is 15.4 Å². The Labute approximate surface area is 128 Å². The molecule has 1 aliphatic rings. The van der Waals surface area contributed by atoms with E-state index in [0.29, 0.717) is 5.36 Å². The van der Waals surface area contributed by atoms with Gasteiger partial charge < -0.3 is 0 Å². The molecule has 0 bridgehead atoms. The van der Waals surface area contributed by atoms with Crippen LogP contribution in [0.15, 0.2) is 80.0 Å². The summed E-state index contributed by atoms with van der Waals surface area (Å²) in [6, 6.07) is 13.9. The number of hydrogen-bond acceptors (Lipinski definition) is 5. The van der Waals surface area contributed by atoms with E-state index in [-0.39, 0.29) is 9.92 Å². The second-order valence-corrected chi connectivity index (χ2v) is 6.73. The van der Waals surface area contributed by atoms with E-state index in [9.17, 15) is 8.42 Å². The summed E-state index contributed by atoms with van der Waals surface area (Å²) in [7, 11) is -3.71. The second kappa shape index (κ2) is 5.65. The van der Waals surface area contributed by atoms with Crippen LogP contribution >= 0.6 is 0 Å². The fourth-order valence-electron chi connectivity index (χ4n) is 2.01. The molecule has 6 heteroatoms. The van der Waals surface area contributed by atoms with Gasteiger partial charge in [-0.3, -0.25) is 0 Å². The van der Waals surface area contributed by atoms with Crippen molar-refractivity contribution in [1.29, 1.82) is 0 Å². The highest BCUT2D eigenvalue weighted by Crippen LogP contribution is 2.21. The van der Waals surface area contributed by atoms with Crippen LogP contribution in [0.25, 0.3) is 6.08 Å². The van der Waals surface area contributed by atoms with Crippen molar-refractivity contribution < 1.29 is 8.42 Å². The molecule has 0 fully saturated rings.